The zero-order valence-electron chi connectivity index (χ0n) is 13.2. The molecule has 1 saturated carbocycles. The van der Waals surface area contributed by atoms with E-state index in [1.165, 1.54) is 0 Å². The molecule has 1 aliphatic carbocycles. The van der Waals surface area contributed by atoms with Gasteiger partial charge in [0.2, 0.25) is 0 Å². The Balaban J connectivity index is 2.85. The fourth-order valence-corrected chi connectivity index (χ4v) is 2.53. The van der Waals surface area contributed by atoms with Crippen molar-refractivity contribution in [2.45, 2.75) is 76.8 Å². The maximum Gasteiger partial charge on any atom is 0.329 e. The first kappa shape index (κ1) is 16.8. The van der Waals surface area contributed by atoms with Crippen molar-refractivity contribution < 1.29 is 14.7 Å². The van der Waals surface area contributed by atoms with Crippen LogP contribution in [0, 0.1) is 0 Å². The van der Waals surface area contributed by atoms with Gasteiger partial charge in [-0.05, 0) is 33.1 Å². The Morgan fingerprint density at radius 3 is 2.10 bits per heavy atom. The van der Waals surface area contributed by atoms with Crippen LogP contribution in [-0.4, -0.2) is 40.1 Å². The molecule has 2 N–H and O–H groups in total. The summed E-state index contributed by atoms with van der Waals surface area (Å²) in [7, 11) is 1.73. The number of carbonyl (C=O) groups is 2. The lowest BCUT2D eigenvalue weighted by molar-refractivity contribution is -0.145. The van der Waals surface area contributed by atoms with Gasteiger partial charge in [-0.15, -0.1) is 0 Å². The standard InChI is InChI=1S/C15H28N2O3/c1-5-14(2,3)17(4)13(20)16-15(12(18)19)10-8-6-7-9-11-15/h5-11H2,1-4H3,(H,16,20)(H,18,19). The van der Waals surface area contributed by atoms with Crippen molar-refractivity contribution in [1.29, 1.82) is 0 Å². The molecule has 0 spiro atoms. The number of hydrogen-bond acceptors (Lipinski definition) is 2. The average molecular weight is 284 g/mol. The number of carbonyl (C=O) groups excluding carboxylic acids is 1. The number of aliphatic carboxylic acids is 1. The lowest BCUT2D eigenvalue weighted by atomic mass is 9.90. The van der Waals surface area contributed by atoms with Gasteiger partial charge in [0.1, 0.15) is 5.54 Å². The van der Waals surface area contributed by atoms with Gasteiger partial charge < -0.3 is 15.3 Å². The predicted octanol–water partition coefficient (Wildman–Crippen LogP) is 2.99. The third-order valence-corrected chi connectivity index (χ3v) is 4.79. The molecule has 0 atom stereocenters. The molecule has 0 aromatic rings. The fourth-order valence-electron chi connectivity index (χ4n) is 2.53. The minimum atomic E-state index is -1.09. The van der Waals surface area contributed by atoms with E-state index in [4.69, 9.17) is 0 Å². The minimum Gasteiger partial charge on any atom is -0.480 e. The smallest absolute Gasteiger partial charge is 0.329 e. The molecule has 0 aliphatic heterocycles. The van der Waals surface area contributed by atoms with Crippen LogP contribution in [0.2, 0.25) is 0 Å². The highest BCUT2D eigenvalue weighted by Gasteiger charge is 2.41. The molecule has 5 nitrogen and oxygen atoms in total. The number of carboxylic acid groups (broad SMARTS) is 1. The number of urea groups is 1. The van der Waals surface area contributed by atoms with Gasteiger partial charge in [-0.1, -0.05) is 32.6 Å². The first-order chi connectivity index (χ1) is 9.25. The molecule has 0 saturated heterocycles. The van der Waals surface area contributed by atoms with Gasteiger partial charge in [0.05, 0.1) is 0 Å². The summed E-state index contributed by atoms with van der Waals surface area (Å²) in [5.41, 5.74) is -1.37. The summed E-state index contributed by atoms with van der Waals surface area (Å²) in [6, 6.07) is -0.291. The van der Waals surface area contributed by atoms with E-state index in [1.54, 1.807) is 11.9 Å². The number of nitrogens with one attached hydrogen (secondary N) is 1. The summed E-state index contributed by atoms with van der Waals surface area (Å²) in [4.78, 5) is 25.7. The number of rotatable bonds is 4. The molecule has 1 rings (SSSR count). The van der Waals surface area contributed by atoms with E-state index in [2.05, 4.69) is 5.32 Å². The predicted molar refractivity (Wildman–Crippen MR) is 78.7 cm³/mol. The van der Waals surface area contributed by atoms with Crippen LogP contribution in [0.25, 0.3) is 0 Å². The SMILES string of the molecule is CCC(C)(C)N(C)C(=O)NC1(C(=O)O)CCCCCC1. The second-order valence-corrected chi connectivity index (χ2v) is 6.46. The van der Waals surface area contributed by atoms with Crippen LogP contribution in [0.5, 0.6) is 0 Å². The first-order valence-electron chi connectivity index (χ1n) is 7.54. The molecular formula is C15H28N2O3. The third-order valence-electron chi connectivity index (χ3n) is 4.79. The Morgan fingerprint density at radius 2 is 1.70 bits per heavy atom. The van der Waals surface area contributed by atoms with Crippen LogP contribution in [0.4, 0.5) is 4.79 Å². The zero-order valence-corrected chi connectivity index (χ0v) is 13.2. The number of hydrogen-bond donors (Lipinski definition) is 2. The Hall–Kier alpha value is -1.26. The van der Waals surface area contributed by atoms with Gasteiger partial charge in [-0.25, -0.2) is 9.59 Å². The summed E-state index contributed by atoms with van der Waals surface area (Å²) < 4.78 is 0. The molecule has 5 heteroatoms. The topological polar surface area (TPSA) is 69.6 Å². The van der Waals surface area contributed by atoms with Crippen molar-refractivity contribution >= 4 is 12.0 Å². The average Bonchev–Trinajstić information content (AvgIpc) is 2.64. The van der Waals surface area contributed by atoms with Crippen molar-refractivity contribution in [3.63, 3.8) is 0 Å². The van der Waals surface area contributed by atoms with Crippen molar-refractivity contribution in [3.05, 3.63) is 0 Å². The molecule has 2 amide bonds. The number of nitrogens with zero attached hydrogens (tertiary/aromatic N) is 1. The Morgan fingerprint density at radius 1 is 1.20 bits per heavy atom. The highest BCUT2D eigenvalue weighted by Crippen LogP contribution is 2.28. The zero-order chi connectivity index (χ0) is 15.4. The normalized spacial score (nSPS) is 19.0. The maximum absolute atomic E-state index is 12.4. The molecule has 1 aliphatic rings. The Kier molecular flexibility index (Phi) is 5.42. The minimum absolute atomic E-state index is 0.283. The summed E-state index contributed by atoms with van der Waals surface area (Å²) in [5, 5.41) is 12.4. The van der Waals surface area contributed by atoms with Gasteiger partial charge in [0, 0.05) is 12.6 Å². The number of carboxylic acids is 1. The van der Waals surface area contributed by atoms with Crippen molar-refractivity contribution in [2.24, 2.45) is 0 Å². The number of amides is 2. The lowest BCUT2D eigenvalue weighted by Crippen LogP contribution is -2.60. The van der Waals surface area contributed by atoms with E-state index < -0.39 is 11.5 Å². The maximum atomic E-state index is 12.4. The molecule has 0 unspecified atom stereocenters. The summed E-state index contributed by atoms with van der Waals surface area (Å²) in [6.45, 7) is 5.97. The lowest BCUT2D eigenvalue weighted by Gasteiger charge is -2.38. The highest BCUT2D eigenvalue weighted by atomic mass is 16.4. The van der Waals surface area contributed by atoms with Crippen molar-refractivity contribution in [1.82, 2.24) is 10.2 Å². The monoisotopic (exact) mass is 284 g/mol. The molecule has 0 aromatic heterocycles. The molecule has 116 valence electrons. The molecule has 0 aromatic carbocycles. The van der Waals surface area contributed by atoms with Gasteiger partial charge >= 0.3 is 12.0 Å². The van der Waals surface area contributed by atoms with Crippen LogP contribution >= 0.6 is 0 Å². The second kappa shape index (κ2) is 6.46. The van der Waals surface area contributed by atoms with Crippen molar-refractivity contribution in [3.8, 4) is 0 Å². The molecule has 0 bridgehead atoms. The fraction of sp³-hybridized carbons (Fsp3) is 0.867. The largest absolute Gasteiger partial charge is 0.480 e. The third kappa shape index (κ3) is 3.64. The Bertz CT molecular complexity index is 358. The van der Waals surface area contributed by atoms with E-state index in [1.807, 2.05) is 20.8 Å². The molecule has 0 heterocycles. The van der Waals surface area contributed by atoms with Crippen molar-refractivity contribution in [2.75, 3.05) is 7.05 Å². The molecular weight excluding hydrogens is 256 g/mol. The van der Waals surface area contributed by atoms with E-state index in [9.17, 15) is 14.7 Å². The van der Waals surface area contributed by atoms with E-state index in [-0.39, 0.29) is 11.6 Å². The molecule has 0 radical (unpaired) electrons. The van der Waals surface area contributed by atoms with E-state index in [0.29, 0.717) is 12.8 Å². The first-order valence-corrected chi connectivity index (χ1v) is 7.54. The van der Waals surface area contributed by atoms with Crippen LogP contribution in [-0.2, 0) is 4.79 Å². The van der Waals surface area contributed by atoms with Gasteiger partial charge in [0.15, 0.2) is 0 Å². The van der Waals surface area contributed by atoms with Crippen LogP contribution in [0.3, 0.4) is 0 Å². The molecule has 20 heavy (non-hydrogen) atoms. The molecule has 1 fully saturated rings. The van der Waals surface area contributed by atoms with Gasteiger partial charge in [-0.3, -0.25) is 0 Å². The van der Waals surface area contributed by atoms with Gasteiger partial charge in [-0.2, -0.15) is 0 Å². The van der Waals surface area contributed by atoms with E-state index >= 15 is 0 Å². The van der Waals surface area contributed by atoms with Crippen LogP contribution < -0.4 is 5.32 Å². The van der Waals surface area contributed by atoms with Crippen LogP contribution in [0.15, 0.2) is 0 Å². The summed E-state index contributed by atoms with van der Waals surface area (Å²) >= 11 is 0. The van der Waals surface area contributed by atoms with E-state index in [0.717, 1.165) is 32.1 Å². The van der Waals surface area contributed by atoms with Crippen LogP contribution in [0.1, 0.15) is 65.7 Å². The summed E-state index contributed by atoms with van der Waals surface area (Å²) in [6.07, 6.45) is 5.66. The highest BCUT2D eigenvalue weighted by molar-refractivity contribution is 5.86. The second-order valence-electron chi connectivity index (χ2n) is 6.46. The summed E-state index contributed by atoms with van der Waals surface area (Å²) in [5.74, 6) is -0.907. The van der Waals surface area contributed by atoms with Gasteiger partial charge in [0.25, 0.3) is 0 Å². The Labute approximate surface area is 121 Å². The quantitative estimate of drug-likeness (QED) is 0.780.